The molecule has 8 heteroatoms. The van der Waals surface area contributed by atoms with E-state index in [1.54, 1.807) is 16.0 Å². The van der Waals surface area contributed by atoms with Gasteiger partial charge in [0.2, 0.25) is 0 Å². The summed E-state index contributed by atoms with van der Waals surface area (Å²) < 4.78 is 2.96. The van der Waals surface area contributed by atoms with Gasteiger partial charge in [0.15, 0.2) is 0 Å². The Morgan fingerprint density at radius 2 is 1.63 bits per heavy atom. The number of hydrogen-bond acceptors (Lipinski definition) is 4. The molecule has 2 aromatic heterocycles. The predicted octanol–water partition coefficient (Wildman–Crippen LogP) is 8.96. The number of thiophene rings is 1. The fraction of sp³-hybridized carbons (Fsp3) is 0.342. The monoisotopic (exact) mass is 631 g/mol. The summed E-state index contributed by atoms with van der Waals surface area (Å²) in [6.07, 6.45) is 5.13. The second-order valence-corrected chi connectivity index (χ2v) is 15.1. The molecule has 7 rings (SSSR count). The first-order valence-electron chi connectivity index (χ1n) is 16.3. The van der Waals surface area contributed by atoms with Gasteiger partial charge in [-0.25, -0.2) is 9.48 Å². The molecule has 236 valence electrons. The van der Waals surface area contributed by atoms with Crippen molar-refractivity contribution >= 4 is 44.9 Å². The third kappa shape index (κ3) is 6.18. The number of piperidine rings is 1. The summed E-state index contributed by atoms with van der Waals surface area (Å²) in [6.45, 7) is 8.39. The van der Waals surface area contributed by atoms with Crippen molar-refractivity contribution in [1.82, 2.24) is 14.7 Å². The Balaban J connectivity index is 1.00. The average molecular weight is 632 g/mol. The summed E-state index contributed by atoms with van der Waals surface area (Å²) in [5.41, 5.74) is 4.75. The molecule has 2 unspecified atom stereocenters. The molecular weight excluding hydrogens is 591 g/mol. The molecule has 0 saturated carbocycles. The highest BCUT2D eigenvalue weighted by Crippen LogP contribution is 2.42. The van der Waals surface area contributed by atoms with E-state index in [1.165, 1.54) is 10.3 Å². The van der Waals surface area contributed by atoms with Gasteiger partial charge >= 0.3 is 6.03 Å². The van der Waals surface area contributed by atoms with Crippen LogP contribution < -0.4 is 10.6 Å². The maximum absolute atomic E-state index is 13.6. The SMILES string of the molecule is Cc1ccc(-n2nc(C(C)(C)C)cc2NC(=O)Nc2cccc(CC3CC4CCC(C3)N4C(=O)c3cc4ccccc4s3)c2)cc1. The molecule has 2 atom stereocenters. The summed E-state index contributed by atoms with van der Waals surface area (Å²) >= 11 is 1.61. The Morgan fingerprint density at radius 3 is 2.35 bits per heavy atom. The zero-order chi connectivity index (χ0) is 32.0. The van der Waals surface area contributed by atoms with Gasteiger partial charge in [-0.3, -0.25) is 10.1 Å². The molecule has 2 fully saturated rings. The molecule has 3 amide bonds. The first-order chi connectivity index (χ1) is 22.1. The second-order valence-electron chi connectivity index (χ2n) is 14.0. The molecular formula is C38H41N5O2S. The molecule has 46 heavy (non-hydrogen) atoms. The molecule has 7 nitrogen and oxygen atoms in total. The number of amides is 3. The van der Waals surface area contributed by atoms with Gasteiger partial charge in [0.05, 0.1) is 16.3 Å². The highest BCUT2D eigenvalue weighted by atomic mass is 32.1. The van der Waals surface area contributed by atoms with E-state index < -0.39 is 0 Å². The molecule has 2 N–H and O–H groups in total. The normalized spacial score (nSPS) is 19.4. The zero-order valence-electron chi connectivity index (χ0n) is 26.9. The van der Waals surface area contributed by atoms with Crippen molar-refractivity contribution in [2.75, 3.05) is 10.6 Å². The number of carbonyl (C=O) groups is 2. The van der Waals surface area contributed by atoms with Crippen LogP contribution in [0.1, 0.15) is 72.9 Å². The Labute approximate surface area is 274 Å². The predicted molar refractivity (Wildman–Crippen MR) is 187 cm³/mol. The highest BCUT2D eigenvalue weighted by Gasteiger charge is 2.43. The largest absolute Gasteiger partial charge is 0.332 e. The summed E-state index contributed by atoms with van der Waals surface area (Å²) in [7, 11) is 0. The first kappa shape index (κ1) is 30.2. The van der Waals surface area contributed by atoms with Crippen LogP contribution in [0.3, 0.4) is 0 Å². The minimum absolute atomic E-state index is 0.168. The average Bonchev–Trinajstić information content (AvgIpc) is 3.71. The summed E-state index contributed by atoms with van der Waals surface area (Å²) in [5.74, 6) is 1.32. The topological polar surface area (TPSA) is 79.3 Å². The van der Waals surface area contributed by atoms with Crippen molar-refractivity contribution in [3.63, 3.8) is 0 Å². The first-order valence-corrected chi connectivity index (χ1v) is 17.1. The number of urea groups is 1. The third-order valence-corrected chi connectivity index (χ3v) is 10.5. The number of aryl methyl sites for hydroxylation is 1. The fourth-order valence-electron chi connectivity index (χ4n) is 7.11. The number of nitrogens with one attached hydrogen (secondary N) is 2. The van der Waals surface area contributed by atoms with Crippen LogP contribution in [0.25, 0.3) is 15.8 Å². The third-order valence-electron chi connectivity index (χ3n) is 9.41. The van der Waals surface area contributed by atoms with Gasteiger partial charge in [-0.1, -0.05) is 68.8 Å². The maximum Gasteiger partial charge on any atom is 0.324 e. The molecule has 2 aliphatic heterocycles. The Morgan fingerprint density at radius 1 is 0.891 bits per heavy atom. The van der Waals surface area contributed by atoms with Gasteiger partial charge in [-0.05, 0) is 92.3 Å². The maximum atomic E-state index is 13.6. The van der Waals surface area contributed by atoms with Crippen molar-refractivity contribution in [2.24, 2.45) is 5.92 Å². The van der Waals surface area contributed by atoms with Crippen molar-refractivity contribution in [1.29, 1.82) is 0 Å². The van der Waals surface area contributed by atoms with Crippen molar-refractivity contribution in [3.8, 4) is 5.69 Å². The van der Waals surface area contributed by atoms with Gasteiger partial charge in [-0.2, -0.15) is 5.10 Å². The van der Waals surface area contributed by atoms with Gasteiger partial charge < -0.3 is 10.2 Å². The fourth-order valence-corrected chi connectivity index (χ4v) is 8.12. The van der Waals surface area contributed by atoms with Gasteiger partial charge in [-0.15, -0.1) is 11.3 Å². The molecule has 2 saturated heterocycles. The lowest BCUT2D eigenvalue weighted by Crippen LogP contribution is -2.46. The van der Waals surface area contributed by atoms with E-state index in [9.17, 15) is 9.59 Å². The Bertz CT molecular complexity index is 1850. The number of rotatable bonds is 6. The van der Waals surface area contributed by atoms with Crippen molar-refractivity contribution < 1.29 is 9.59 Å². The van der Waals surface area contributed by atoms with Crippen molar-refractivity contribution in [2.45, 2.75) is 77.3 Å². The van der Waals surface area contributed by atoms with E-state index in [2.05, 4.69) is 73.6 Å². The lowest BCUT2D eigenvalue weighted by Gasteiger charge is -2.39. The zero-order valence-corrected chi connectivity index (χ0v) is 27.7. The van der Waals surface area contributed by atoms with E-state index in [4.69, 9.17) is 5.10 Å². The molecule has 0 radical (unpaired) electrons. The summed E-state index contributed by atoms with van der Waals surface area (Å²) in [4.78, 5) is 29.9. The van der Waals surface area contributed by atoms with Crippen LogP contribution in [-0.4, -0.2) is 38.7 Å². The minimum Gasteiger partial charge on any atom is -0.332 e. The molecule has 5 aromatic rings. The van der Waals surface area contributed by atoms with E-state index in [1.807, 2.05) is 54.6 Å². The van der Waals surface area contributed by atoms with Crippen LogP contribution in [0.2, 0.25) is 0 Å². The van der Waals surface area contributed by atoms with Crippen LogP contribution in [0, 0.1) is 12.8 Å². The van der Waals surface area contributed by atoms with Crippen molar-refractivity contribution in [3.05, 3.63) is 107 Å². The number of anilines is 2. The lowest BCUT2D eigenvalue weighted by molar-refractivity contribution is 0.0529. The Kier molecular flexibility index (Phi) is 7.93. The minimum atomic E-state index is -0.308. The summed E-state index contributed by atoms with van der Waals surface area (Å²) in [5, 5.41) is 12.1. The van der Waals surface area contributed by atoms with Crippen LogP contribution in [0.5, 0.6) is 0 Å². The van der Waals surface area contributed by atoms with Crippen LogP contribution in [0.15, 0.2) is 84.9 Å². The molecule has 0 spiro atoms. The van der Waals surface area contributed by atoms with E-state index in [0.717, 1.165) is 65.0 Å². The van der Waals surface area contributed by atoms with Gasteiger partial charge in [0.1, 0.15) is 5.82 Å². The van der Waals surface area contributed by atoms with E-state index in [0.29, 0.717) is 23.8 Å². The number of hydrogen-bond donors (Lipinski definition) is 2. The molecule has 2 aliphatic rings. The van der Waals surface area contributed by atoms with Crippen LogP contribution >= 0.6 is 11.3 Å². The molecule has 4 heterocycles. The number of benzene rings is 3. The molecule has 0 aliphatic carbocycles. The number of aromatic nitrogens is 2. The van der Waals surface area contributed by atoms with Crippen LogP contribution in [-0.2, 0) is 11.8 Å². The lowest BCUT2D eigenvalue weighted by atomic mass is 9.85. The number of carbonyl (C=O) groups excluding carboxylic acids is 2. The second kappa shape index (κ2) is 12.1. The van der Waals surface area contributed by atoms with Gasteiger partial charge in [0, 0.05) is 34.0 Å². The van der Waals surface area contributed by atoms with E-state index in [-0.39, 0.29) is 17.4 Å². The number of nitrogens with zero attached hydrogens (tertiary/aromatic N) is 3. The Hall–Kier alpha value is -4.43. The smallest absolute Gasteiger partial charge is 0.324 e. The summed E-state index contributed by atoms with van der Waals surface area (Å²) in [6, 6.07) is 28.8. The van der Waals surface area contributed by atoms with E-state index >= 15 is 0 Å². The number of fused-ring (bicyclic) bond motifs is 3. The van der Waals surface area contributed by atoms with Crippen LogP contribution in [0.4, 0.5) is 16.3 Å². The molecule has 2 bridgehead atoms. The quantitative estimate of drug-likeness (QED) is 0.196. The highest BCUT2D eigenvalue weighted by molar-refractivity contribution is 7.20. The molecule has 3 aromatic carbocycles. The van der Waals surface area contributed by atoms with Gasteiger partial charge in [0.25, 0.3) is 5.91 Å². The standard InChI is InChI=1S/C38H41N5O2S/c1-24-12-14-29(15-13-24)43-35(23-34(41-43)38(2,3)4)40-37(45)39-28-10-7-8-25(19-28)18-26-20-30-16-17-31(21-26)42(30)36(44)33-22-27-9-5-6-11-32(27)46-33/h5-15,19,22-23,26,30-31H,16-18,20-21H2,1-4H3,(H2,39,40,45).